The Morgan fingerprint density at radius 3 is 2.95 bits per heavy atom. The van der Waals surface area contributed by atoms with Gasteiger partial charge in [0, 0.05) is 25.0 Å². The van der Waals surface area contributed by atoms with Crippen LogP contribution < -0.4 is 4.74 Å². The minimum Gasteiger partial charge on any atom is -0.489 e. The smallest absolute Gasteiger partial charge is 0.357 e. The number of hydrogen-bond acceptors (Lipinski definition) is 5. The predicted octanol–water partition coefficient (Wildman–Crippen LogP) is 1.00. The fraction of sp³-hybridized carbons (Fsp3) is 0.467. The van der Waals surface area contributed by atoms with Crippen molar-refractivity contribution in [1.29, 1.82) is 0 Å². The van der Waals surface area contributed by atoms with E-state index in [1.54, 1.807) is 12.1 Å². The molecule has 2 aliphatic rings. The summed E-state index contributed by atoms with van der Waals surface area (Å²) < 4.78 is 13.0. The maximum Gasteiger partial charge on any atom is 0.357 e. The fourth-order valence-corrected chi connectivity index (χ4v) is 3.17. The normalized spacial score (nSPS) is 21.7. The van der Waals surface area contributed by atoms with Crippen LogP contribution in [0.3, 0.4) is 0 Å². The number of rotatable bonds is 3. The SMILES string of the molecule is O=C(O)c1nn2c3c(cccc13)OCC2CN1CCOCC1. The summed E-state index contributed by atoms with van der Waals surface area (Å²) in [7, 11) is 0. The Bertz CT molecular complexity index is 721. The topological polar surface area (TPSA) is 76.8 Å². The Labute approximate surface area is 127 Å². The molecule has 0 spiro atoms. The lowest BCUT2D eigenvalue weighted by Gasteiger charge is -2.32. The predicted molar refractivity (Wildman–Crippen MR) is 78.5 cm³/mol. The molecule has 22 heavy (non-hydrogen) atoms. The van der Waals surface area contributed by atoms with Gasteiger partial charge in [-0.05, 0) is 6.07 Å². The van der Waals surface area contributed by atoms with Crippen LogP contribution in [-0.4, -0.2) is 65.2 Å². The first-order valence-electron chi connectivity index (χ1n) is 7.41. The van der Waals surface area contributed by atoms with Gasteiger partial charge in [0.15, 0.2) is 5.69 Å². The van der Waals surface area contributed by atoms with E-state index in [0.717, 1.165) is 38.4 Å². The van der Waals surface area contributed by atoms with E-state index in [1.807, 2.05) is 10.7 Å². The van der Waals surface area contributed by atoms with Gasteiger partial charge in [-0.3, -0.25) is 9.58 Å². The summed E-state index contributed by atoms with van der Waals surface area (Å²) in [6.45, 7) is 4.53. The molecule has 1 saturated heterocycles. The number of carboxylic acids is 1. The molecule has 0 aliphatic carbocycles. The summed E-state index contributed by atoms with van der Waals surface area (Å²) >= 11 is 0. The first kappa shape index (κ1) is 13.5. The minimum atomic E-state index is -1.01. The third-order valence-corrected chi connectivity index (χ3v) is 4.24. The van der Waals surface area contributed by atoms with Crippen molar-refractivity contribution in [3.05, 3.63) is 23.9 Å². The van der Waals surface area contributed by atoms with Crippen molar-refractivity contribution >= 4 is 16.9 Å². The summed E-state index contributed by atoms with van der Waals surface area (Å²) in [5.41, 5.74) is 0.874. The highest BCUT2D eigenvalue weighted by Crippen LogP contribution is 2.34. The van der Waals surface area contributed by atoms with E-state index < -0.39 is 5.97 Å². The molecule has 0 saturated carbocycles. The van der Waals surface area contributed by atoms with Crippen LogP contribution in [0.15, 0.2) is 18.2 Å². The molecule has 0 amide bonds. The minimum absolute atomic E-state index is 0.0172. The molecule has 2 aliphatic heterocycles. The Hall–Kier alpha value is -2.12. The number of morpholine rings is 1. The largest absolute Gasteiger partial charge is 0.489 e. The van der Waals surface area contributed by atoms with Gasteiger partial charge >= 0.3 is 5.97 Å². The quantitative estimate of drug-likeness (QED) is 0.911. The first-order valence-corrected chi connectivity index (χ1v) is 7.41. The summed E-state index contributed by atoms with van der Waals surface area (Å²) in [4.78, 5) is 13.7. The molecule has 2 aromatic rings. The molecule has 1 atom stereocenters. The van der Waals surface area contributed by atoms with E-state index in [4.69, 9.17) is 9.47 Å². The van der Waals surface area contributed by atoms with Gasteiger partial charge in [-0.25, -0.2) is 4.79 Å². The van der Waals surface area contributed by atoms with Crippen LogP contribution in [0.2, 0.25) is 0 Å². The maximum atomic E-state index is 11.4. The molecule has 1 aromatic carbocycles. The number of nitrogens with zero attached hydrogens (tertiary/aromatic N) is 3. The van der Waals surface area contributed by atoms with Gasteiger partial charge < -0.3 is 14.6 Å². The van der Waals surface area contributed by atoms with Gasteiger partial charge in [0.25, 0.3) is 0 Å². The average Bonchev–Trinajstić information content (AvgIpc) is 2.93. The van der Waals surface area contributed by atoms with Crippen LogP contribution in [0, 0.1) is 0 Å². The number of carbonyl (C=O) groups is 1. The van der Waals surface area contributed by atoms with Gasteiger partial charge in [-0.15, -0.1) is 0 Å². The molecule has 4 rings (SSSR count). The molecular weight excluding hydrogens is 286 g/mol. The van der Waals surface area contributed by atoms with E-state index in [0.29, 0.717) is 17.7 Å². The lowest BCUT2D eigenvalue weighted by molar-refractivity contribution is 0.0262. The summed E-state index contributed by atoms with van der Waals surface area (Å²) in [6, 6.07) is 5.46. The molecule has 116 valence electrons. The van der Waals surface area contributed by atoms with Crippen molar-refractivity contribution in [2.45, 2.75) is 6.04 Å². The van der Waals surface area contributed by atoms with E-state index in [-0.39, 0.29) is 11.7 Å². The molecule has 1 unspecified atom stereocenters. The molecule has 1 fully saturated rings. The van der Waals surface area contributed by atoms with Crippen molar-refractivity contribution in [2.24, 2.45) is 0 Å². The van der Waals surface area contributed by atoms with Gasteiger partial charge in [-0.1, -0.05) is 12.1 Å². The van der Waals surface area contributed by atoms with Crippen LogP contribution in [0.4, 0.5) is 0 Å². The van der Waals surface area contributed by atoms with Crippen molar-refractivity contribution in [3.63, 3.8) is 0 Å². The highest BCUT2D eigenvalue weighted by Gasteiger charge is 2.29. The van der Waals surface area contributed by atoms with E-state index in [2.05, 4.69) is 10.00 Å². The van der Waals surface area contributed by atoms with Gasteiger partial charge in [0.1, 0.15) is 17.9 Å². The summed E-state index contributed by atoms with van der Waals surface area (Å²) in [5, 5.41) is 14.3. The highest BCUT2D eigenvalue weighted by atomic mass is 16.5. The average molecular weight is 303 g/mol. The second kappa shape index (κ2) is 5.26. The maximum absolute atomic E-state index is 11.4. The molecule has 3 heterocycles. The Morgan fingerprint density at radius 1 is 1.36 bits per heavy atom. The lowest BCUT2D eigenvalue weighted by Crippen LogP contribution is -2.42. The molecule has 7 heteroatoms. The third-order valence-electron chi connectivity index (χ3n) is 4.24. The van der Waals surface area contributed by atoms with Crippen LogP contribution in [-0.2, 0) is 4.74 Å². The zero-order valence-electron chi connectivity index (χ0n) is 12.1. The fourth-order valence-electron chi connectivity index (χ4n) is 3.17. The zero-order chi connectivity index (χ0) is 15.1. The van der Waals surface area contributed by atoms with E-state index >= 15 is 0 Å². The number of benzene rings is 1. The Balaban J connectivity index is 1.73. The van der Waals surface area contributed by atoms with Crippen molar-refractivity contribution in [3.8, 4) is 5.75 Å². The molecule has 0 bridgehead atoms. The monoisotopic (exact) mass is 303 g/mol. The van der Waals surface area contributed by atoms with Crippen LogP contribution in [0.5, 0.6) is 5.75 Å². The van der Waals surface area contributed by atoms with Gasteiger partial charge in [0.2, 0.25) is 0 Å². The van der Waals surface area contributed by atoms with Crippen LogP contribution >= 0.6 is 0 Å². The number of para-hydroxylation sites is 1. The number of ether oxygens (including phenoxy) is 2. The molecule has 7 nitrogen and oxygen atoms in total. The highest BCUT2D eigenvalue weighted by molar-refractivity contribution is 6.03. The zero-order valence-corrected chi connectivity index (χ0v) is 12.1. The van der Waals surface area contributed by atoms with E-state index in [1.165, 1.54) is 0 Å². The molecular formula is C15H17N3O4. The number of aromatic nitrogens is 2. The van der Waals surface area contributed by atoms with Crippen LogP contribution in [0.1, 0.15) is 16.5 Å². The molecule has 1 aromatic heterocycles. The first-order chi connectivity index (χ1) is 10.7. The van der Waals surface area contributed by atoms with Gasteiger partial charge in [0.05, 0.1) is 19.3 Å². The summed E-state index contributed by atoms with van der Waals surface area (Å²) in [6.07, 6.45) is 0. The van der Waals surface area contributed by atoms with Gasteiger partial charge in [-0.2, -0.15) is 5.10 Å². The number of aromatic carboxylic acids is 1. The van der Waals surface area contributed by atoms with Crippen molar-refractivity contribution < 1.29 is 19.4 Å². The Morgan fingerprint density at radius 2 is 2.18 bits per heavy atom. The third kappa shape index (κ3) is 2.13. The Kier molecular flexibility index (Phi) is 3.24. The van der Waals surface area contributed by atoms with Crippen molar-refractivity contribution in [1.82, 2.24) is 14.7 Å². The molecule has 1 N–H and O–H groups in total. The van der Waals surface area contributed by atoms with Crippen LogP contribution in [0.25, 0.3) is 10.9 Å². The molecule has 0 radical (unpaired) electrons. The standard InChI is InChI=1S/C15H17N3O4/c19-15(20)13-11-2-1-3-12-14(11)18(16-13)10(9-22-12)8-17-4-6-21-7-5-17/h1-3,10H,4-9H2,(H,19,20). The number of hydrogen-bond donors (Lipinski definition) is 1. The van der Waals surface area contributed by atoms with E-state index in [9.17, 15) is 9.90 Å². The summed E-state index contributed by atoms with van der Waals surface area (Å²) in [5.74, 6) is -0.302. The second-order valence-corrected chi connectivity index (χ2v) is 5.63. The van der Waals surface area contributed by atoms with Crippen molar-refractivity contribution in [2.75, 3.05) is 39.5 Å². The second-order valence-electron chi connectivity index (χ2n) is 5.63. The number of carboxylic acid groups (broad SMARTS) is 1. The lowest BCUT2D eigenvalue weighted by atomic mass is 10.1.